The van der Waals surface area contributed by atoms with Crippen molar-refractivity contribution in [1.29, 1.82) is 0 Å². The smallest absolute Gasteiger partial charge is 0.163 e. The summed E-state index contributed by atoms with van der Waals surface area (Å²) < 4.78 is 0. The molecule has 0 aliphatic carbocycles. The van der Waals surface area contributed by atoms with Gasteiger partial charge in [-0.3, -0.25) is 4.98 Å². The first-order chi connectivity index (χ1) is 6.92. The largest absolute Gasteiger partial charge is 0.392 e. The molecule has 1 heterocycles. The third-order valence-electron chi connectivity index (χ3n) is 1.77. The minimum absolute atomic E-state index is 0.459. The highest BCUT2D eigenvalue weighted by atomic mass is 16.6. The van der Waals surface area contributed by atoms with E-state index in [4.69, 9.17) is 10.4 Å². The van der Waals surface area contributed by atoms with Gasteiger partial charge in [0, 0.05) is 16.5 Å². The molecule has 68 valence electrons. The number of hydrogen-bond donors (Lipinski definition) is 0. The van der Waals surface area contributed by atoms with Crippen molar-refractivity contribution >= 4 is 10.9 Å². The Hall–Kier alpha value is -2.26. The molecular weight excluding hydrogens is 180 g/mol. The van der Waals surface area contributed by atoms with E-state index >= 15 is 0 Å². The molecule has 0 bridgehead atoms. The van der Waals surface area contributed by atoms with Crippen molar-refractivity contribution in [2.24, 2.45) is 5.28 Å². The topological polar surface area (TPSA) is 70.9 Å². The quantitative estimate of drug-likeness (QED) is 0.313. The number of para-hydroxylation sites is 1. The van der Waals surface area contributed by atoms with E-state index < -0.39 is 0 Å². The summed E-state index contributed by atoms with van der Waals surface area (Å²) in [6.07, 6.45) is 1.66. The maximum absolute atomic E-state index is 8.11. The molecule has 0 unspecified atom stereocenters. The van der Waals surface area contributed by atoms with Gasteiger partial charge in [-0.15, -0.1) is 0 Å². The molecule has 0 aliphatic rings. The van der Waals surface area contributed by atoms with E-state index in [-0.39, 0.29) is 0 Å². The molecule has 5 heteroatoms. The molecule has 0 radical (unpaired) electrons. The highest BCUT2D eigenvalue weighted by Crippen LogP contribution is 2.22. The van der Waals surface area contributed by atoms with E-state index in [1.807, 2.05) is 24.3 Å². The molecule has 2 rings (SSSR count). The third kappa shape index (κ3) is 1.44. The van der Waals surface area contributed by atoms with Crippen molar-refractivity contribution in [3.05, 3.63) is 47.0 Å². The number of hydrogen-bond acceptors (Lipinski definition) is 3. The van der Waals surface area contributed by atoms with Gasteiger partial charge in [0.1, 0.15) is 10.8 Å². The summed E-state index contributed by atoms with van der Waals surface area (Å²) in [5.41, 5.74) is 8.80. The van der Waals surface area contributed by atoms with Crippen molar-refractivity contribution < 1.29 is 4.84 Å². The normalized spacial score (nSPS) is 9.43. The Morgan fingerprint density at radius 2 is 2.14 bits per heavy atom. The van der Waals surface area contributed by atoms with Crippen LogP contribution in [0.15, 0.2) is 41.8 Å². The number of pyridine rings is 1. The zero-order chi connectivity index (χ0) is 9.80. The lowest BCUT2D eigenvalue weighted by Crippen LogP contribution is -1.84. The summed E-state index contributed by atoms with van der Waals surface area (Å²) in [6.45, 7) is 0. The first-order valence-electron chi connectivity index (χ1n) is 3.97. The van der Waals surface area contributed by atoms with Gasteiger partial charge < -0.3 is 4.84 Å². The lowest BCUT2D eigenvalue weighted by atomic mass is 10.2. The molecule has 0 saturated heterocycles. The minimum atomic E-state index is 0.459. The highest BCUT2D eigenvalue weighted by molar-refractivity contribution is 5.84. The fraction of sp³-hybridized carbons (Fsp3) is 0. The van der Waals surface area contributed by atoms with Crippen molar-refractivity contribution in [2.75, 3.05) is 0 Å². The Balaban J connectivity index is 2.58. The number of fused-ring (bicyclic) bond motifs is 1. The second-order valence-electron chi connectivity index (χ2n) is 2.59. The average Bonchev–Trinajstić information content (AvgIpc) is 2.26. The molecule has 0 N–H and O–H groups in total. The van der Waals surface area contributed by atoms with Gasteiger partial charge in [0.25, 0.3) is 0 Å². The SMILES string of the molecule is [N-]=[N+]=NOc1cccc2cccnc12. The van der Waals surface area contributed by atoms with Gasteiger partial charge >= 0.3 is 0 Å². The molecule has 0 spiro atoms. The van der Waals surface area contributed by atoms with E-state index in [0.29, 0.717) is 11.3 Å². The van der Waals surface area contributed by atoms with Crippen molar-refractivity contribution in [1.82, 2.24) is 4.98 Å². The van der Waals surface area contributed by atoms with Gasteiger partial charge in [-0.05, 0) is 17.7 Å². The number of nitrogens with zero attached hydrogens (tertiary/aromatic N) is 4. The number of azide groups is 1. The molecule has 2 aromatic rings. The van der Waals surface area contributed by atoms with Crippen LogP contribution in [0.2, 0.25) is 0 Å². The number of aromatic nitrogens is 1. The van der Waals surface area contributed by atoms with Crippen LogP contribution in [0.25, 0.3) is 21.3 Å². The summed E-state index contributed by atoms with van der Waals surface area (Å²) in [7, 11) is 0. The molecular formula is C9H6N4O. The predicted octanol–water partition coefficient (Wildman–Crippen LogP) is 2.84. The van der Waals surface area contributed by atoms with Crippen LogP contribution in [0.1, 0.15) is 0 Å². The Labute approximate surface area is 79.5 Å². The molecule has 1 aromatic heterocycles. The van der Waals surface area contributed by atoms with Gasteiger partial charge in [-0.1, -0.05) is 18.2 Å². The third-order valence-corrected chi connectivity index (χ3v) is 1.77. The molecule has 14 heavy (non-hydrogen) atoms. The first-order valence-corrected chi connectivity index (χ1v) is 3.97. The summed E-state index contributed by atoms with van der Waals surface area (Å²) in [6, 6.07) is 9.16. The van der Waals surface area contributed by atoms with Crippen molar-refractivity contribution in [2.45, 2.75) is 0 Å². The number of benzene rings is 1. The predicted molar refractivity (Wildman–Crippen MR) is 51.5 cm³/mol. The minimum Gasteiger partial charge on any atom is -0.392 e. The molecule has 5 nitrogen and oxygen atoms in total. The Morgan fingerprint density at radius 3 is 3.00 bits per heavy atom. The molecule has 1 aromatic carbocycles. The van der Waals surface area contributed by atoms with E-state index in [0.717, 1.165) is 5.39 Å². The van der Waals surface area contributed by atoms with E-state index in [1.165, 1.54) is 0 Å². The van der Waals surface area contributed by atoms with E-state index in [9.17, 15) is 0 Å². The lowest BCUT2D eigenvalue weighted by Gasteiger charge is -2.01. The molecule has 0 amide bonds. The summed E-state index contributed by atoms with van der Waals surface area (Å²) >= 11 is 0. The summed E-state index contributed by atoms with van der Waals surface area (Å²) in [5, 5.41) is 3.98. The van der Waals surface area contributed by atoms with Crippen molar-refractivity contribution in [3.63, 3.8) is 0 Å². The van der Waals surface area contributed by atoms with Crippen LogP contribution in [0, 0.1) is 0 Å². The standard InChI is InChI=1S/C9H6N4O/c10-12-13-14-8-5-1-3-7-4-2-6-11-9(7)8/h1-6H. The molecule has 0 fully saturated rings. The Kier molecular flexibility index (Phi) is 2.17. The van der Waals surface area contributed by atoms with Crippen LogP contribution in [-0.2, 0) is 0 Å². The second-order valence-corrected chi connectivity index (χ2v) is 2.59. The Morgan fingerprint density at radius 1 is 1.29 bits per heavy atom. The Bertz CT molecular complexity index is 500. The van der Waals surface area contributed by atoms with Crippen LogP contribution in [-0.4, -0.2) is 4.98 Å². The van der Waals surface area contributed by atoms with Gasteiger partial charge in [-0.2, -0.15) is 0 Å². The van der Waals surface area contributed by atoms with Crippen LogP contribution in [0.3, 0.4) is 0 Å². The van der Waals surface area contributed by atoms with Crippen LogP contribution >= 0.6 is 0 Å². The highest BCUT2D eigenvalue weighted by Gasteiger charge is 2.00. The van der Waals surface area contributed by atoms with E-state index in [2.05, 4.69) is 15.2 Å². The monoisotopic (exact) mass is 186 g/mol. The second kappa shape index (κ2) is 3.64. The summed E-state index contributed by atoms with van der Waals surface area (Å²) in [4.78, 5) is 11.5. The fourth-order valence-corrected chi connectivity index (χ4v) is 1.21. The van der Waals surface area contributed by atoms with Gasteiger partial charge in [0.05, 0.1) is 0 Å². The lowest BCUT2D eigenvalue weighted by molar-refractivity contribution is 0.336. The average molecular weight is 186 g/mol. The maximum Gasteiger partial charge on any atom is 0.163 e. The molecule has 0 saturated carbocycles. The van der Waals surface area contributed by atoms with Gasteiger partial charge in [-0.25, -0.2) is 0 Å². The van der Waals surface area contributed by atoms with Crippen LogP contribution in [0.5, 0.6) is 5.75 Å². The van der Waals surface area contributed by atoms with Gasteiger partial charge in [0.2, 0.25) is 0 Å². The maximum atomic E-state index is 8.11. The van der Waals surface area contributed by atoms with Gasteiger partial charge in [0.15, 0.2) is 5.75 Å². The zero-order valence-corrected chi connectivity index (χ0v) is 7.16. The zero-order valence-electron chi connectivity index (χ0n) is 7.16. The van der Waals surface area contributed by atoms with E-state index in [1.54, 1.807) is 12.3 Å². The first kappa shape index (κ1) is 8.34. The van der Waals surface area contributed by atoms with Crippen LogP contribution in [0.4, 0.5) is 0 Å². The molecule has 0 atom stereocenters. The number of rotatable bonds is 2. The fourth-order valence-electron chi connectivity index (χ4n) is 1.21. The summed E-state index contributed by atoms with van der Waals surface area (Å²) in [5.74, 6) is 0.459. The van der Waals surface area contributed by atoms with Crippen molar-refractivity contribution in [3.8, 4) is 5.75 Å². The molecule has 0 aliphatic heterocycles. The van der Waals surface area contributed by atoms with Crippen LogP contribution < -0.4 is 4.84 Å².